The quantitative estimate of drug-likeness (QED) is 0.527. The summed E-state index contributed by atoms with van der Waals surface area (Å²) in [6, 6.07) is 0.496. The molecule has 0 spiro atoms. The van der Waals surface area contributed by atoms with Gasteiger partial charge in [-0.3, -0.25) is 0 Å². The molecule has 0 bridgehead atoms. The Bertz CT molecular complexity index is 90.6. The highest BCUT2D eigenvalue weighted by molar-refractivity contribution is 4.76. The molecule has 0 aromatic heterocycles. The molecule has 0 radical (unpaired) electrons. The van der Waals surface area contributed by atoms with E-state index in [-0.39, 0.29) is 0 Å². The van der Waals surface area contributed by atoms with E-state index in [0.717, 1.165) is 11.8 Å². The second kappa shape index (κ2) is 2.70. The van der Waals surface area contributed by atoms with Crippen molar-refractivity contribution in [3.8, 4) is 0 Å². The summed E-state index contributed by atoms with van der Waals surface area (Å²) in [5.74, 6) is 1.76. The van der Waals surface area contributed by atoms with Crippen LogP contribution in [-0.2, 0) is 0 Å². The van der Waals surface area contributed by atoms with Crippen molar-refractivity contribution in [2.75, 3.05) is 0 Å². The Morgan fingerprint density at radius 1 is 1.11 bits per heavy atom. The van der Waals surface area contributed by atoms with Crippen molar-refractivity contribution < 1.29 is 0 Å². The van der Waals surface area contributed by atoms with E-state index in [1.165, 1.54) is 19.3 Å². The zero-order chi connectivity index (χ0) is 6.85. The van der Waals surface area contributed by atoms with Crippen LogP contribution in [0.15, 0.2) is 0 Å². The van der Waals surface area contributed by atoms with Crippen LogP contribution in [-0.4, -0.2) is 6.04 Å². The minimum Gasteiger partial charge on any atom is -0.328 e. The first-order valence-electron chi connectivity index (χ1n) is 3.95. The monoisotopic (exact) mass is 127 g/mol. The average molecular weight is 127 g/mol. The fraction of sp³-hybridized carbons (Fsp3) is 1.00. The molecule has 0 aromatic rings. The summed E-state index contributed by atoms with van der Waals surface area (Å²) < 4.78 is 0. The highest BCUT2D eigenvalue weighted by Crippen LogP contribution is 2.27. The molecule has 3 atom stereocenters. The van der Waals surface area contributed by atoms with Crippen LogP contribution in [0.5, 0.6) is 0 Å². The van der Waals surface area contributed by atoms with Crippen molar-refractivity contribution in [1.82, 2.24) is 0 Å². The van der Waals surface area contributed by atoms with Crippen LogP contribution in [0.4, 0.5) is 0 Å². The summed E-state index contributed by atoms with van der Waals surface area (Å²) in [5.41, 5.74) is 5.79. The van der Waals surface area contributed by atoms with Gasteiger partial charge in [0.05, 0.1) is 0 Å². The van der Waals surface area contributed by atoms with E-state index >= 15 is 0 Å². The maximum Gasteiger partial charge on any atom is 0.00415 e. The first-order chi connectivity index (χ1) is 4.20. The minimum absolute atomic E-state index is 0.496. The molecule has 1 aliphatic carbocycles. The summed E-state index contributed by atoms with van der Waals surface area (Å²) >= 11 is 0. The van der Waals surface area contributed by atoms with Gasteiger partial charge in [0.2, 0.25) is 0 Å². The van der Waals surface area contributed by atoms with Crippen molar-refractivity contribution >= 4 is 0 Å². The number of hydrogen-bond acceptors (Lipinski definition) is 1. The first kappa shape index (κ1) is 7.07. The summed E-state index contributed by atoms with van der Waals surface area (Å²) in [6.45, 7) is 4.64. The van der Waals surface area contributed by atoms with Crippen LogP contribution >= 0.6 is 0 Å². The van der Waals surface area contributed by atoms with Gasteiger partial charge in [-0.25, -0.2) is 0 Å². The third kappa shape index (κ3) is 1.68. The maximum atomic E-state index is 5.79. The number of hydrogen-bond donors (Lipinski definition) is 1. The molecule has 1 saturated carbocycles. The van der Waals surface area contributed by atoms with E-state index < -0.39 is 0 Å². The largest absolute Gasteiger partial charge is 0.328 e. The molecular formula is C8H17N. The van der Waals surface area contributed by atoms with Crippen LogP contribution in [0.1, 0.15) is 33.1 Å². The Morgan fingerprint density at radius 2 is 1.78 bits per heavy atom. The summed E-state index contributed by atoms with van der Waals surface area (Å²) in [6.07, 6.45) is 3.81. The zero-order valence-corrected chi connectivity index (χ0v) is 6.43. The van der Waals surface area contributed by atoms with Gasteiger partial charge in [-0.15, -0.1) is 0 Å². The molecule has 0 saturated heterocycles. The van der Waals surface area contributed by atoms with E-state index in [1.54, 1.807) is 0 Å². The minimum atomic E-state index is 0.496. The lowest BCUT2D eigenvalue weighted by Gasteiger charge is -2.29. The highest BCUT2D eigenvalue weighted by atomic mass is 14.6. The van der Waals surface area contributed by atoms with Crippen LogP contribution in [0.25, 0.3) is 0 Å². The Kier molecular flexibility index (Phi) is 2.12. The Morgan fingerprint density at radius 3 is 2.22 bits per heavy atom. The third-order valence-electron chi connectivity index (χ3n) is 2.64. The Labute approximate surface area is 57.6 Å². The van der Waals surface area contributed by atoms with E-state index in [9.17, 15) is 0 Å². The van der Waals surface area contributed by atoms with Crippen LogP contribution in [0.2, 0.25) is 0 Å². The lowest BCUT2D eigenvalue weighted by Crippen LogP contribution is -2.30. The second-order valence-electron chi connectivity index (χ2n) is 3.53. The molecule has 0 amide bonds. The summed E-state index contributed by atoms with van der Waals surface area (Å²) in [7, 11) is 0. The van der Waals surface area contributed by atoms with Crippen LogP contribution in [0, 0.1) is 11.8 Å². The van der Waals surface area contributed by atoms with Crippen molar-refractivity contribution in [2.45, 2.75) is 39.2 Å². The molecule has 1 rings (SSSR count). The Balaban J connectivity index is 2.35. The summed E-state index contributed by atoms with van der Waals surface area (Å²) in [5, 5.41) is 0. The fourth-order valence-electron chi connectivity index (χ4n) is 1.59. The van der Waals surface area contributed by atoms with E-state index in [4.69, 9.17) is 5.73 Å². The number of nitrogens with two attached hydrogens (primary N) is 1. The average Bonchev–Trinajstić information content (AvgIpc) is 1.80. The van der Waals surface area contributed by atoms with E-state index in [1.807, 2.05) is 0 Å². The topological polar surface area (TPSA) is 26.0 Å². The van der Waals surface area contributed by atoms with E-state index in [2.05, 4.69) is 13.8 Å². The molecule has 0 aromatic carbocycles. The van der Waals surface area contributed by atoms with Crippen LogP contribution in [0.3, 0.4) is 0 Å². The van der Waals surface area contributed by atoms with Gasteiger partial charge in [0.25, 0.3) is 0 Å². The zero-order valence-electron chi connectivity index (χ0n) is 6.43. The molecule has 0 heterocycles. The SMILES string of the molecule is CC1CCC(N)C[C@@H]1C. The molecule has 54 valence electrons. The van der Waals surface area contributed by atoms with Gasteiger partial charge < -0.3 is 5.73 Å². The van der Waals surface area contributed by atoms with Crippen molar-refractivity contribution in [3.05, 3.63) is 0 Å². The lowest BCUT2D eigenvalue weighted by atomic mass is 9.79. The van der Waals surface area contributed by atoms with Crippen molar-refractivity contribution in [1.29, 1.82) is 0 Å². The van der Waals surface area contributed by atoms with Crippen molar-refractivity contribution in [2.24, 2.45) is 17.6 Å². The standard InChI is InChI=1S/C8H17N/c1-6-3-4-8(9)5-7(6)2/h6-8H,3-5,9H2,1-2H3/t6?,7-,8?/m0/s1. The van der Waals surface area contributed by atoms with Crippen LogP contribution < -0.4 is 5.73 Å². The molecule has 0 aliphatic heterocycles. The molecular weight excluding hydrogens is 110 g/mol. The molecule has 9 heavy (non-hydrogen) atoms. The molecule has 1 heteroatoms. The summed E-state index contributed by atoms with van der Waals surface area (Å²) in [4.78, 5) is 0. The predicted octanol–water partition coefficient (Wildman–Crippen LogP) is 1.77. The second-order valence-corrected chi connectivity index (χ2v) is 3.53. The molecule has 2 unspecified atom stereocenters. The van der Waals surface area contributed by atoms with Gasteiger partial charge in [-0.2, -0.15) is 0 Å². The predicted molar refractivity (Wildman–Crippen MR) is 40.2 cm³/mol. The lowest BCUT2D eigenvalue weighted by molar-refractivity contribution is 0.251. The Hall–Kier alpha value is -0.0400. The molecule has 2 N–H and O–H groups in total. The smallest absolute Gasteiger partial charge is 0.00415 e. The number of rotatable bonds is 0. The molecule has 1 nitrogen and oxygen atoms in total. The van der Waals surface area contributed by atoms with Gasteiger partial charge in [-0.1, -0.05) is 13.8 Å². The van der Waals surface area contributed by atoms with Gasteiger partial charge in [-0.05, 0) is 31.1 Å². The van der Waals surface area contributed by atoms with Gasteiger partial charge in [0.15, 0.2) is 0 Å². The highest BCUT2D eigenvalue weighted by Gasteiger charge is 2.21. The van der Waals surface area contributed by atoms with Gasteiger partial charge >= 0.3 is 0 Å². The molecule has 1 fully saturated rings. The van der Waals surface area contributed by atoms with Crippen molar-refractivity contribution in [3.63, 3.8) is 0 Å². The molecule has 1 aliphatic rings. The maximum absolute atomic E-state index is 5.79. The van der Waals surface area contributed by atoms with Gasteiger partial charge in [0, 0.05) is 6.04 Å². The fourth-order valence-corrected chi connectivity index (χ4v) is 1.59. The first-order valence-corrected chi connectivity index (χ1v) is 3.95. The van der Waals surface area contributed by atoms with E-state index in [0.29, 0.717) is 6.04 Å². The van der Waals surface area contributed by atoms with Gasteiger partial charge in [0.1, 0.15) is 0 Å². The third-order valence-corrected chi connectivity index (χ3v) is 2.64. The normalized spacial score (nSPS) is 45.0.